The normalized spacial score (nSPS) is 15.6. The van der Waals surface area contributed by atoms with Crippen molar-refractivity contribution >= 4 is 17.5 Å². The lowest BCUT2D eigenvalue weighted by atomic mass is 10.3. The fraction of sp³-hybridized carbons (Fsp3) is 0.500. The van der Waals surface area contributed by atoms with Crippen molar-refractivity contribution < 1.29 is 4.79 Å². The Kier molecular flexibility index (Phi) is 2.22. The van der Waals surface area contributed by atoms with E-state index in [2.05, 4.69) is 5.10 Å². The average molecular weight is 200 g/mol. The summed E-state index contributed by atoms with van der Waals surface area (Å²) in [4.78, 5) is 13.0. The van der Waals surface area contributed by atoms with Crippen LogP contribution in [0.25, 0.3) is 0 Å². The van der Waals surface area contributed by atoms with Crippen LogP contribution in [0.5, 0.6) is 0 Å². The third kappa shape index (κ3) is 1.54. The number of alkyl halides is 1. The maximum Gasteiger partial charge on any atom is 0.237 e. The lowest BCUT2D eigenvalue weighted by molar-refractivity contribution is -0.129. The summed E-state index contributed by atoms with van der Waals surface area (Å²) >= 11 is 5.47. The molecule has 0 saturated heterocycles. The minimum atomic E-state index is -0.00545. The standard InChI is InChI=1S/C8H10ClN3O/c9-5-8(13)11-3-4-12-7(6-11)1-2-10-12/h1-2H,3-6H2. The van der Waals surface area contributed by atoms with Gasteiger partial charge in [-0.3, -0.25) is 9.48 Å². The molecule has 2 heterocycles. The third-order valence-corrected chi connectivity index (χ3v) is 2.43. The molecule has 5 heteroatoms. The summed E-state index contributed by atoms with van der Waals surface area (Å²) in [5.74, 6) is 0.0582. The van der Waals surface area contributed by atoms with Crippen LogP contribution in [0.15, 0.2) is 12.3 Å². The van der Waals surface area contributed by atoms with Crippen LogP contribution in [-0.2, 0) is 17.9 Å². The molecule has 1 amide bonds. The number of hydrogen-bond acceptors (Lipinski definition) is 2. The highest BCUT2D eigenvalue weighted by molar-refractivity contribution is 6.27. The van der Waals surface area contributed by atoms with Crippen molar-refractivity contribution in [3.8, 4) is 0 Å². The molecule has 0 N–H and O–H groups in total. The maximum atomic E-state index is 11.3. The zero-order valence-electron chi connectivity index (χ0n) is 7.11. The summed E-state index contributed by atoms with van der Waals surface area (Å²) in [6.45, 7) is 2.11. The van der Waals surface area contributed by atoms with Gasteiger partial charge < -0.3 is 4.90 Å². The summed E-state index contributed by atoms with van der Waals surface area (Å²) < 4.78 is 1.91. The van der Waals surface area contributed by atoms with Gasteiger partial charge in [-0.15, -0.1) is 11.6 Å². The van der Waals surface area contributed by atoms with Crippen LogP contribution in [0.4, 0.5) is 0 Å². The first kappa shape index (κ1) is 8.56. The van der Waals surface area contributed by atoms with Gasteiger partial charge in [0.05, 0.1) is 18.8 Å². The molecule has 0 fully saturated rings. The number of nitrogens with zero attached hydrogens (tertiary/aromatic N) is 3. The Morgan fingerprint density at radius 1 is 1.62 bits per heavy atom. The molecule has 1 aliphatic rings. The lowest BCUT2D eigenvalue weighted by Gasteiger charge is -2.26. The number of carbonyl (C=O) groups excluding carboxylic acids is 1. The first-order valence-corrected chi connectivity index (χ1v) is 4.69. The van der Waals surface area contributed by atoms with Gasteiger partial charge in [-0.25, -0.2) is 0 Å². The molecule has 0 bridgehead atoms. The van der Waals surface area contributed by atoms with Crippen molar-refractivity contribution in [1.29, 1.82) is 0 Å². The second kappa shape index (κ2) is 3.38. The highest BCUT2D eigenvalue weighted by atomic mass is 35.5. The van der Waals surface area contributed by atoms with E-state index in [-0.39, 0.29) is 11.8 Å². The second-order valence-electron chi connectivity index (χ2n) is 2.99. The van der Waals surface area contributed by atoms with Gasteiger partial charge in [-0.2, -0.15) is 5.10 Å². The molecule has 70 valence electrons. The molecule has 1 aromatic heterocycles. The number of hydrogen-bond donors (Lipinski definition) is 0. The molecule has 4 nitrogen and oxygen atoms in total. The summed E-state index contributed by atoms with van der Waals surface area (Å²) in [7, 11) is 0. The zero-order chi connectivity index (χ0) is 9.26. The van der Waals surface area contributed by atoms with E-state index in [1.807, 2.05) is 10.7 Å². The van der Waals surface area contributed by atoms with Crippen molar-refractivity contribution in [2.45, 2.75) is 13.1 Å². The molecule has 0 unspecified atom stereocenters. The molecule has 0 atom stereocenters. The van der Waals surface area contributed by atoms with Crippen molar-refractivity contribution in [3.05, 3.63) is 18.0 Å². The van der Waals surface area contributed by atoms with Gasteiger partial charge in [0.25, 0.3) is 0 Å². The van der Waals surface area contributed by atoms with Crippen LogP contribution in [-0.4, -0.2) is 33.0 Å². The van der Waals surface area contributed by atoms with Gasteiger partial charge in [0.2, 0.25) is 5.91 Å². The smallest absolute Gasteiger partial charge is 0.237 e. The third-order valence-electron chi connectivity index (χ3n) is 2.21. The highest BCUT2D eigenvalue weighted by Crippen LogP contribution is 2.10. The van der Waals surface area contributed by atoms with Gasteiger partial charge in [0, 0.05) is 12.7 Å². The number of aromatic nitrogens is 2. The monoisotopic (exact) mass is 199 g/mol. The Balaban J connectivity index is 2.13. The zero-order valence-corrected chi connectivity index (χ0v) is 7.87. The first-order chi connectivity index (χ1) is 6.31. The maximum absolute atomic E-state index is 11.3. The SMILES string of the molecule is O=C(CCl)N1CCn2nccc2C1. The molecule has 0 saturated carbocycles. The summed E-state index contributed by atoms with van der Waals surface area (Å²) in [6, 6.07) is 1.92. The van der Waals surface area contributed by atoms with E-state index in [1.165, 1.54) is 0 Å². The summed E-state index contributed by atoms with van der Waals surface area (Å²) in [6.07, 6.45) is 1.75. The Labute approximate surface area is 81.1 Å². The largest absolute Gasteiger partial charge is 0.334 e. The fourth-order valence-corrected chi connectivity index (χ4v) is 1.65. The quantitative estimate of drug-likeness (QED) is 0.617. The molecule has 1 aromatic rings. The molecule has 0 spiro atoms. The Morgan fingerprint density at radius 3 is 3.23 bits per heavy atom. The molecular formula is C8H10ClN3O. The van der Waals surface area contributed by atoms with Crippen LogP contribution in [0, 0.1) is 0 Å². The number of rotatable bonds is 1. The molecular weight excluding hydrogens is 190 g/mol. The minimum Gasteiger partial charge on any atom is -0.334 e. The average Bonchev–Trinajstić information content (AvgIpc) is 2.63. The number of halogens is 1. The van der Waals surface area contributed by atoms with Crippen molar-refractivity contribution in [1.82, 2.24) is 14.7 Å². The summed E-state index contributed by atoms with van der Waals surface area (Å²) in [5, 5.41) is 4.12. The van der Waals surface area contributed by atoms with Gasteiger partial charge in [0.15, 0.2) is 0 Å². The van der Waals surface area contributed by atoms with Crippen molar-refractivity contribution in [3.63, 3.8) is 0 Å². The van der Waals surface area contributed by atoms with Crippen LogP contribution in [0.1, 0.15) is 5.69 Å². The number of amides is 1. The molecule has 0 aromatic carbocycles. The van der Waals surface area contributed by atoms with E-state index in [1.54, 1.807) is 11.1 Å². The van der Waals surface area contributed by atoms with E-state index in [0.29, 0.717) is 13.1 Å². The van der Waals surface area contributed by atoms with E-state index in [0.717, 1.165) is 12.2 Å². The highest BCUT2D eigenvalue weighted by Gasteiger charge is 2.19. The van der Waals surface area contributed by atoms with Gasteiger partial charge >= 0.3 is 0 Å². The van der Waals surface area contributed by atoms with E-state index < -0.39 is 0 Å². The predicted molar refractivity (Wildman–Crippen MR) is 48.4 cm³/mol. The molecule has 1 aliphatic heterocycles. The van der Waals surface area contributed by atoms with Gasteiger partial charge in [0.1, 0.15) is 5.88 Å². The Bertz CT molecular complexity index is 323. The minimum absolute atomic E-state index is 0.00545. The topological polar surface area (TPSA) is 38.1 Å². The van der Waals surface area contributed by atoms with E-state index in [9.17, 15) is 4.79 Å². The Hall–Kier alpha value is -1.03. The molecule has 13 heavy (non-hydrogen) atoms. The van der Waals surface area contributed by atoms with E-state index >= 15 is 0 Å². The lowest BCUT2D eigenvalue weighted by Crippen LogP contribution is -2.38. The fourth-order valence-electron chi connectivity index (χ4n) is 1.48. The molecule has 0 aliphatic carbocycles. The van der Waals surface area contributed by atoms with Gasteiger partial charge in [-0.05, 0) is 6.07 Å². The van der Waals surface area contributed by atoms with Crippen molar-refractivity contribution in [2.24, 2.45) is 0 Å². The predicted octanol–water partition coefficient (Wildman–Crippen LogP) is 0.464. The van der Waals surface area contributed by atoms with Crippen LogP contribution >= 0.6 is 11.6 Å². The second-order valence-corrected chi connectivity index (χ2v) is 3.26. The van der Waals surface area contributed by atoms with Crippen molar-refractivity contribution in [2.75, 3.05) is 12.4 Å². The van der Waals surface area contributed by atoms with Crippen LogP contribution in [0.2, 0.25) is 0 Å². The molecule has 2 rings (SSSR count). The summed E-state index contributed by atoms with van der Waals surface area (Å²) in [5.41, 5.74) is 1.07. The first-order valence-electron chi connectivity index (χ1n) is 4.15. The van der Waals surface area contributed by atoms with Gasteiger partial charge in [-0.1, -0.05) is 0 Å². The molecule has 0 radical (unpaired) electrons. The number of carbonyl (C=O) groups is 1. The van der Waals surface area contributed by atoms with Crippen LogP contribution < -0.4 is 0 Å². The number of fused-ring (bicyclic) bond motifs is 1. The van der Waals surface area contributed by atoms with Crippen LogP contribution in [0.3, 0.4) is 0 Å². The Morgan fingerprint density at radius 2 is 2.46 bits per heavy atom. The van der Waals surface area contributed by atoms with E-state index in [4.69, 9.17) is 11.6 Å².